The summed E-state index contributed by atoms with van der Waals surface area (Å²) in [6.07, 6.45) is 1.59. The molecule has 98 valence electrons. The highest BCUT2D eigenvalue weighted by Crippen LogP contribution is 2.14. The van der Waals surface area contributed by atoms with E-state index in [1.165, 1.54) is 0 Å². The maximum Gasteiger partial charge on any atom is 0.235 e. The van der Waals surface area contributed by atoms with E-state index in [-0.39, 0.29) is 11.8 Å². The second-order valence-corrected chi connectivity index (χ2v) is 5.87. The van der Waals surface area contributed by atoms with Crippen molar-refractivity contribution in [1.82, 2.24) is 15.1 Å². The Morgan fingerprint density at radius 2 is 2.18 bits per heavy atom. The molecule has 1 aromatic rings. The normalized spacial score (nSPS) is 12.0. The lowest BCUT2D eigenvalue weighted by atomic mass is 10.4. The maximum atomic E-state index is 11.8. The first-order valence-electron chi connectivity index (χ1n) is 5.71. The molecule has 17 heavy (non-hydrogen) atoms. The van der Waals surface area contributed by atoms with E-state index in [9.17, 15) is 8.42 Å². The zero-order valence-electron chi connectivity index (χ0n) is 10.5. The molecule has 6 nitrogen and oxygen atoms in total. The van der Waals surface area contributed by atoms with Gasteiger partial charge in [0, 0.05) is 18.7 Å². The molecule has 0 spiro atoms. The number of sulfonamides is 1. The lowest BCUT2D eigenvalue weighted by Crippen LogP contribution is -2.27. The van der Waals surface area contributed by atoms with Gasteiger partial charge in [-0.3, -0.25) is 4.72 Å². The molecule has 0 aliphatic carbocycles. The molecule has 2 N–H and O–H groups in total. The number of rotatable bonds is 7. The molecule has 0 saturated heterocycles. The van der Waals surface area contributed by atoms with Crippen LogP contribution in [0.4, 0.5) is 5.82 Å². The average Bonchev–Trinajstić information content (AvgIpc) is 2.65. The van der Waals surface area contributed by atoms with Crippen LogP contribution in [0.1, 0.15) is 26.8 Å². The molecular weight excluding hydrogens is 240 g/mol. The number of nitrogens with zero attached hydrogens (tertiary/aromatic N) is 2. The van der Waals surface area contributed by atoms with Gasteiger partial charge in [0.25, 0.3) is 0 Å². The SMILES string of the molecule is CCNCCS(=O)(=O)Nc1ccnn1C(C)C. The first-order chi connectivity index (χ1) is 7.96. The zero-order chi connectivity index (χ0) is 12.9. The van der Waals surface area contributed by atoms with E-state index in [1.807, 2.05) is 20.8 Å². The first kappa shape index (κ1) is 14.0. The first-order valence-corrected chi connectivity index (χ1v) is 7.36. The quantitative estimate of drug-likeness (QED) is 0.712. The summed E-state index contributed by atoms with van der Waals surface area (Å²) >= 11 is 0. The molecule has 1 heterocycles. The molecule has 1 aromatic heterocycles. The van der Waals surface area contributed by atoms with Gasteiger partial charge in [0.15, 0.2) is 0 Å². The van der Waals surface area contributed by atoms with Crippen LogP contribution in [0.2, 0.25) is 0 Å². The summed E-state index contributed by atoms with van der Waals surface area (Å²) in [7, 11) is -3.31. The molecule has 0 unspecified atom stereocenters. The topological polar surface area (TPSA) is 76.0 Å². The smallest absolute Gasteiger partial charge is 0.235 e. The number of hydrogen-bond donors (Lipinski definition) is 2. The Hall–Kier alpha value is -1.08. The van der Waals surface area contributed by atoms with Crippen LogP contribution in [-0.4, -0.2) is 37.0 Å². The molecule has 1 rings (SSSR count). The van der Waals surface area contributed by atoms with Gasteiger partial charge in [-0.25, -0.2) is 13.1 Å². The van der Waals surface area contributed by atoms with Crippen LogP contribution in [0, 0.1) is 0 Å². The van der Waals surface area contributed by atoms with Crippen molar-refractivity contribution >= 4 is 15.8 Å². The Labute approximate surface area is 102 Å². The highest BCUT2D eigenvalue weighted by atomic mass is 32.2. The van der Waals surface area contributed by atoms with E-state index < -0.39 is 10.0 Å². The number of nitrogens with one attached hydrogen (secondary N) is 2. The molecule has 0 bridgehead atoms. The van der Waals surface area contributed by atoms with Crippen molar-refractivity contribution in [2.24, 2.45) is 0 Å². The van der Waals surface area contributed by atoms with Gasteiger partial charge >= 0.3 is 0 Å². The minimum atomic E-state index is -3.31. The van der Waals surface area contributed by atoms with Crippen LogP contribution in [0.3, 0.4) is 0 Å². The minimum absolute atomic E-state index is 0.0596. The maximum absolute atomic E-state index is 11.8. The molecule has 0 aliphatic heterocycles. The monoisotopic (exact) mass is 260 g/mol. The average molecular weight is 260 g/mol. The van der Waals surface area contributed by atoms with Crippen LogP contribution < -0.4 is 10.0 Å². The van der Waals surface area contributed by atoms with E-state index in [1.54, 1.807) is 16.9 Å². The second-order valence-electron chi connectivity index (χ2n) is 4.03. The van der Waals surface area contributed by atoms with Crippen LogP contribution in [0.25, 0.3) is 0 Å². The van der Waals surface area contributed by atoms with Gasteiger partial charge in [-0.2, -0.15) is 5.10 Å². The van der Waals surface area contributed by atoms with Crippen molar-refractivity contribution in [1.29, 1.82) is 0 Å². The van der Waals surface area contributed by atoms with Crippen LogP contribution in [0.15, 0.2) is 12.3 Å². The fourth-order valence-corrected chi connectivity index (χ4v) is 2.40. The Bertz CT molecular complexity index is 439. The number of hydrogen-bond acceptors (Lipinski definition) is 4. The number of anilines is 1. The third-order valence-electron chi connectivity index (χ3n) is 2.22. The molecule has 7 heteroatoms. The lowest BCUT2D eigenvalue weighted by Gasteiger charge is -2.13. The van der Waals surface area contributed by atoms with Gasteiger partial charge in [-0.15, -0.1) is 0 Å². The fourth-order valence-electron chi connectivity index (χ4n) is 1.40. The lowest BCUT2D eigenvalue weighted by molar-refractivity contribution is 0.539. The fraction of sp³-hybridized carbons (Fsp3) is 0.700. The van der Waals surface area contributed by atoms with Crippen molar-refractivity contribution < 1.29 is 8.42 Å². The summed E-state index contributed by atoms with van der Waals surface area (Å²) in [5.74, 6) is 0.570. The third kappa shape index (κ3) is 4.35. The molecule has 0 saturated carbocycles. The van der Waals surface area contributed by atoms with Gasteiger partial charge in [-0.1, -0.05) is 6.92 Å². The van der Waals surface area contributed by atoms with Crippen molar-refractivity contribution in [2.45, 2.75) is 26.8 Å². The van der Waals surface area contributed by atoms with E-state index in [2.05, 4.69) is 15.1 Å². The van der Waals surface area contributed by atoms with Crippen molar-refractivity contribution in [2.75, 3.05) is 23.6 Å². The Morgan fingerprint density at radius 3 is 2.76 bits per heavy atom. The Morgan fingerprint density at radius 1 is 1.47 bits per heavy atom. The number of aromatic nitrogens is 2. The van der Waals surface area contributed by atoms with Gasteiger partial charge in [0.05, 0.1) is 11.9 Å². The zero-order valence-corrected chi connectivity index (χ0v) is 11.3. The summed E-state index contributed by atoms with van der Waals surface area (Å²) < 4.78 is 27.7. The third-order valence-corrected chi connectivity index (χ3v) is 3.48. The molecule has 0 aliphatic rings. The van der Waals surface area contributed by atoms with E-state index in [4.69, 9.17) is 0 Å². The predicted molar refractivity (Wildman–Crippen MR) is 68.6 cm³/mol. The van der Waals surface area contributed by atoms with Gasteiger partial charge in [0.1, 0.15) is 5.82 Å². The molecular formula is C10H20N4O2S. The van der Waals surface area contributed by atoms with Crippen molar-refractivity contribution in [3.05, 3.63) is 12.3 Å². The summed E-state index contributed by atoms with van der Waals surface area (Å²) in [4.78, 5) is 0. The van der Waals surface area contributed by atoms with Crippen molar-refractivity contribution in [3.63, 3.8) is 0 Å². The molecule has 0 atom stereocenters. The van der Waals surface area contributed by atoms with Crippen molar-refractivity contribution in [3.8, 4) is 0 Å². The Kier molecular flexibility index (Phi) is 4.95. The summed E-state index contributed by atoms with van der Waals surface area (Å²) in [6, 6.07) is 1.78. The van der Waals surface area contributed by atoms with Gasteiger partial charge < -0.3 is 5.32 Å². The van der Waals surface area contributed by atoms with E-state index in [0.717, 1.165) is 6.54 Å². The summed E-state index contributed by atoms with van der Waals surface area (Å²) in [6.45, 7) is 7.04. The van der Waals surface area contributed by atoms with E-state index in [0.29, 0.717) is 12.4 Å². The largest absolute Gasteiger partial charge is 0.316 e. The summed E-state index contributed by atoms with van der Waals surface area (Å²) in [5.41, 5.74) is 0. The Balaban J connectivity index is 2.66. The second kappa shape index (κ2) is 6.02. The van der Waals surface area contributed by atoms with Gasteiger partial charge in [-0.05, 0) is 20.4 Å². The predicted octanol–water partition coefficient (Wildman–Crippen LogP) is 0.815. The molecule has 0 fully saturated rings. The minimum Gasteiger partial charge on any atom is -0.316 e. The molecule has 0 aromatic carbocycles. The molecule has 0 amide bonds. The standard InChI is InChI=1S/C10H20N4O2S/c1-4-11-7-8-17(15,16)13-10-5-6-12-14(10)9(2)3/h5-6,9,11,13H,4,7-8H2,1-3H3. The summed E-state index contributed by atoms with van der Waals surface area (Å²) in [5, 5.41) is 7.05. The van der Waals surface area contributed by atoms with E-state index >= 15 is 0 Å². The molecule has 0 radical (unpaired) electrons. The van der Waals surface area contributed by atoms with Crippen LogP contribution in [0.5, 0.6) is 0 Å². The highest BCUT2D eigenvalue weighted by Gasteiger charge is 2.13. The highest BCUT2D eigenvalue weighted by molar-refractivity contribution is 7.92. The van der Waals surface area contributed by atoms with Crippen LogP contribution >= 0.6 is 0 Å². The van der Waals surface area contributed by atoms with Gasteiger partial charge in [0.2, 0.25) is 10.0 Å². The van der Waals surface area contributed by atoms with Crippen LogP contribution in [-0.2, 0) is 10.0 Å².